The number of nitrogens with zero attached hydrogens (tertiary/aromatic N) is 2. The summed E-state index contributed by atoms with van der Waals surface area (Å²) in [4.78, 5) is 2.51. The van der Waals surface area contributed by atoms with E-state index in [1.807, 2.05) is 4.31 Å². The van der Waals surface area contributed by atoms with Gasteiger partial charge in [-0.25, -0.2) is 8.42 Å². The van der Waals surface area contributed by atoms with Gasteiger partial charge in [-0.1, -0.05) is 13.3 Å². The normalized spacial score (nSPS) is 32.1. The van der Waals surface area contributed by atoms with Gasteiger partial charge in [0.1, 0.15) is 0 Å². The molecule has 3 saturated heterocycles. The number of piperazine rings is 1. The Hall–Kier alpha value is -0.130. The molecule has 116 valence electrons. The van der Waals surface area contributed by atoms with E-state index in [4.69, 9.17) is 0 Å². The number of rotatable bonds is 6. The lowest BCUT2D eigenvalue weighted by Crippen LogP contribution is -2.72. The lowest BCUT2D eigenvalue weighted by Gasteiger charge is -2.58. The Morgan fingerprint density at radius 2 is 1.75 bits per heavy atom. The van der Waals surface area contributed by atoms with Crippen LogP contribution in [0.5, 0.6) is 0 Å². The number of piperidine rings is 1. The minimum absolute atomic E-state index is 0.206. The summed E-state index contributed by atoms with van der Waals surface area (Å²) in [7, 11) is -2.99. The summed E-state index contributed by atoms with van der Waals surface area (Å²) in [6.07, 6.45) is 5.66. The highest BCUT2D eigenvalue weighted by Gasteiger charge is 2.53. The summed E-state index contributed by atoms with van der Waals surface area (Å²) in [5.41, 5.74) is 0.206. The van der Waals surface area contributed by atoms with Gasteiger partial charge < -0.3 is 0 Å². The molecule has 2 atom stereocenters. The zero-order valence-corrected chi connectivity index (χ0v) is 13.8. The van der Waals surface area contributed by atoms with E-state index in [0.29, 0.717) is 11.7 Å². The first-order chi connectivity index (χ1) is 9.33. The first kappa shape index (κ1) is 14.8. The molecule has 0 spiro atoms. The predicted octanol–water partition coefficient (Wildman–Crippen LogP) is 2.06. The lowest BCUT2D eigenvalue weighted by molar-refractivity contribution is -0.0525. The predicted molar refractivity (Wildman–Crippen MR) is 81.1 cm³/mol. The van der Waals surface area contributed by atoms with Crippen molar-refractivity contribution in [2.45, 2.75) is 70.5 Å². The van der Waals surface area contributed by atoms with Crippen LogP contribution >= 0.6 is 0 Å². The second kappa shape index (κ2) is 4.96. The summed E-state index contributed by atoms with van der Waals surface area (Å²) in [5, 5.41) is 0. The van der Waals surface area contributed by atoms with Gasteiger partial charge in [0, 0.05) is 30.7 Å². The quantitative estimate of drug-likeness (QED) is 0.754. The van der Waals surface area contributed by atoms with Gasteiger partial charge in [-0.15, -0.1) is 0 Å². The van der Waals surface area contributed by atoms with Crippen LogP contribution in [0.15, 0.2) is 0 Å². The number of hydrogen-bond acceptors (Lipinski definition) is 3. The topological polar surface area (TPSA) is 40.6 Å². The maximum Gasteiger partial charge on any atom is 0.214 e. The molecular weight excluding hydrogens is 272 g/mol. The summed E-state index contributed by atoms with van der Waals surface area (Å²) >= 11 is 0. The lowest BCUT2D eigenvalue weighted by atomic mass is 9.86. The van der Waals surface area contributed by atoms with E-state index in [0.717, 1.165) is 32.4 Å². The molecule has 1 aliphatic carbocycles. The second-order valence-electron chi connectivity index (χ2n) is 7.56. The molecule has 2 unspecified atom stereocenters. The summed E-state index contributed by atoms with van der Waals surface area (Å²) in [5.74, 6) is 0.854. The molecule has 3 heterocycles. The average molecular weight is 300 g/mol. The summed E-state index contributed by atoms with van der Waals surface area (Å²) < 4.78 is 26.8. The van der Waals surface area contributed by atoms with Crippen LogP contribution in [-0.4, -0.2) is 54.1 Å². The zero-order valence-electron chi connectivity index (χ0n) is 13.0. The van der Waals surface area contributed by atoms with Crippen LogP contribution in [0.3, 0.4) is 0 Å². The van der Waals surface area contributed by atoms with Crippen molar-refractivity contribution in [1.82, 2.24) is 9.21 Å². The molecule has 4 fully saturated rings. The van der Waals surface area contributed by atoms with Gasteiger partial charge in [-0.3, -0.25) is 4.90 Å². The SMILES string of the molecule is CCCC(C)(C)N1CC2CC(C1)N2S(=O)(=O)CC1CC1. The Morgan fingerprint density at radius 1 is 1.15 bits per heavy atom. The molecule has 4 rings (SSSR count). The first-order valence-corrected chi connectivity index (χ1v) is 9.70. The standard InChI is InChI=1S/C15H28N2O2S/c1-4-7-15(2,3)16-9-13-8-14(10-16)17(13)20(18,19)11-12-5-6-12/h12-14H,4-11H2,1-3H3. The first-order valence-electron chi connectivity index (χ1n) is 8.10. The number of fused-ring (bicyclic) bond motifs is 2. The van der Waals surface area contributed by atoms with Crippen molar-refractivity contribution in [1.29, 1.82) is 0 Å². The molecular formula is C15H28N2O2S. The molecule has 0 aromatic rings. The highest BCUT2D eigenvalue weighted by atomic mass is 32.2. The Morgan fingerprint density at radius 3 is 2.25 bits per heavy atom. The highest BCUT2D eigenvalue weighted by Crippen LogP contribution is 2.40. The molecule has 20 heavy (non-hydrogen) atoms. The van der Waals surface area contributed by atoms with E-state index < -0.39 is 10.0 Å². The van der Waals surface area contributed by atoms with Gasteiger partial charge in [0.2, 0.25) is 10.0 Å². The van der Waals surface area contributed by atoms with Gasteiger partial charge in [0.05, 0.1) is 5.75 Å². The molecule has 1 saturated carbocycles. The third kappa shape index (κ3) is 2.64. The Bertz CT molecular complexity index is 458. The highest BCUT2D eigenvalue weighted by molar-refractivity contribution is 7.89. The molecule has 4 nitrogen and oxygen atoms in total. The van der Waals surface area contributed by atoms with E-state index in [1.54, 1.807) is 0 Å². The smallest absolute Gasteiger partial charge is 0.214 e. The van der Waals surface area contributed by atoms with Gasteiger partial charge in [0.25, 0.3) is 0 Å². The van der Waals surface area contributed by atoms with Gasteiger partial charge in [-0.2, -0.15) is 4.31 Å². The van der Waals surface area contributed by atoms with Crippen molar-refractivity contribution < 1.29 is 8.42 Å². The third-order valence-electron chi connectivity index (χ3n) is 5.31. The van der Waals surface area contributed by atoms with Crippen molar-refractivity contribution >= 4 is 10.0 Å². The van der Waals surface area contributed by atoms with Crippen LogP contribution in [0.4, 0.5) is 0 Å². The number of hydrogen-bond donors (Lipinski definition) is 0. The zero-order chi connectivity index (χ0) is 14.5. The largest absolute Gasteiger partial charge is 0.295 e. The maximum absolute atomic E-state index is 12.5. The van der Waals surface area contributed by atoms with Crippen LogP contribution < -0.4 is 0 Å². The van der Waals surface area contributed by atoms with E-state index in [1.165, 1.54) is 12.8 Å². The third-order valence-corrected chi connectivity index (χ3v) is 7.44. The monoisotopic (exact) mass is 300 g/mol. The Balaban J connectivity index is 1.65. The van der Waals surface area contributed by atoms with Gasteiger partial charge in [0.15, 0.2) is 0 Å². The molecule has 5 heteroatoms. The van der Waals surface area contributed by atoms with Crippen molar-refractivity contribution in [2.24, 2.45) is 5.92 Å². The van der Waals surface area contributed by atoms with Crippen molar-refractivity contribution in [2.75, 3.05) is 18.8 Å². The maximum atomic E-state index is 12.5. The van der Waals surface area contributed by atoms with Gasteiger partial charge in [-0.05, 0) is 45.4 Å². The molecule has 3 aliphatic heterocycles. The van der Waals surface area contributed by atoms with Crippen LogP contribution in [0.25, 0.3) is 0 Å². The van der Waals surface area contributed by atoms with Crippen LogP contribution in [-0.2, 0) is 10.0 Å². The van der Waals surface area contributed by atoms with E-state index in [2.05, 4.69) is 25.7 Å². The Kier molecular flexibility index (Phi) is 3.67. The van der Waals surface area contributed by atoms with Gasteiger partial charge >= 0.3 is 0 Å². The van der Waals surface area contributed by atoms with Crippen LogP contribution in [0.2, 0.25) is 0 Å². The van der Waals surface area contributed by atoms with E-state index in [9.17, 15) is 8.42 Å². The fourth-order valence-corrected chi connectivity index (χ4v) is 6.28. The van der Waals surface area contributed by atoms with E-state index in [-0.39, 0.29) is 17.6 Å². The second-order valence-corrected chi connectivity index (χ2v) is 9.48. The van der Waals surface area contributed by atoms with Crippen LogP contribution in [0.1, 0.15) is 52.9 Å². The molecule has 0 amide bonds. The minimum Gasteiger partial charge on any atom is -0.295 e. The van der Waals surface area contributed by atoms with Crippen molar-refractivity contribution in [3.05, 3.63) is 0 Å². The summed E-state index contributed by atoms with van der Waals surface area (Å²) in [6.45, 7) is 8.66. The molecule has 0 aromatic carbocycles. The minimum atomic E-state index is -2.99. The molecule has 0 aromatic heterocycles. The number of sulfonamides is 1. The Labute approximate surface area is 123 Å². The average Bonchev–Trinajstić information content (AvgIpc) is 3.11. The fraction of sp³-hybridized carbons (Fsp3) is 1.00. The van der Waals surface area contributed by atoms with Crippen molar-refractivity contribution in [3.63, 3.8) is 0 Å². The van der Waals surface area contributed by atoms with Crippen molar-refractivity contribution in [3.8, 4) is 0 Å². The van der Waals surface area contributed by atoms with Crippen LogP contribution in [0, 0.1) is 5.92 Å². The molecule has 0 radical (unpaired) electrons. The molecule has 0 N–H and O–H groups in total. The molecule has 4 aliphatic rings. The molecule has 2 bridgehead atoms. The van der Waals surface area contributed by atoms with E-state index >= 15 is 0 Å². The summed E-state index contributed by atoms with van der Waals surface area (Å²) in [6, 6.07) is 0.488. The fourth-order valence-electron chi connectivity index (χ4n) is 3.96.